The molecule has 1 aromatic carbocycles. The van der Waals surface area contributed by atoms with Crippen LogP contribution in [0.5, 0.6) is 0 Å². The van der Waals surface area contributed by atoms with E-state index in [-0.39, 0.29) is 5.95 Å². The summed E-state index contributed by atoms with van der Waals surface area (Å²) in [6.45, 7) is 7.58. The molecular weight excluding hydrogens is 332 g/mol. The Morgan fingerprint density at radius 3 is 2.73 bits per heavy atom. The van der Waals surface area contributed by atoms with Crippen molar-refractivity contribution in [2.45, 2.75) is 6.42 Å². The lowest BCUT2D eigenvalue weighted by molar-refractivity contribution is 0.577. The van der Waals surface area contributed by atoms with Crippen molar-refractivity contribution in [3.63, 3.8) is 0 Å². The fourth-order valence-corrected chi connectivity index (χ4v) is 2.45. The first-order valence-electron chi connectivity index (χ1n) is 7.87. The van der Waals surface area contributed by atoms with E-state index in [4.69, 9.17) is 16.7 Å². The van der Waals surface area contributed by atoms with Crippen molar-refractivity contribution in [1.82, 2.24) is 24.6 Å². The van der Waals surface area contributed by atoms with Gasteiger partial charge in [0.2, 0.25) is 17.7 Å². The zero-order valence-electron chi connectivity index (χ0n) is 13.6. The summed E-state index contributed by atoms with van der Waals surface area (Å²) in [7, 11) is 0. The highest BCUT2D eigenvalue weighted by Crippen LogP contribution is 2.18. The fraction of sp³-hybridized carbons (Fsp3) is 0.118. The minimum atomic E-state index is 0.184. The summed E-state index contributed by atoms with van der Waals surface area (Å²) in [5.74, 6) is 1.84. The normalized spacial score (nSPS) is 10.7. The Hall–Kier alpha value is -3.93. The third-order valence-electron chi connectivity index (χ3n) is 3.74. The van der Waals surface area contributed by atoms with Gasteiger partial charge < -0.3 is 15.5 Å². The number of rotatable bonds is 5. The number of aromatic nitrogens is 5. The Morgan fingerprint density at radius 2 is 2.00 bits per heavy atom. The maximum Gasteiger partial charge on any atom is 0.259 e. The van der Waals surface area contributed by atoms with Crippen LogP contribution in [0.1, 0.15) is 5.56 Å². The highest BCUT2D eigenvalue weighted by atomic mass is 16.3. The first-order valence-corrected chi connectivity index (χ1v) is 7.87. The van der Waals surface area contributed by atoms with Crippen LogP contribution < -0.4 is 11.1 Å². The van der Waals surface area contributed by atoms with E-state index < -0.39 is 0 Å². The quantitative estimate of drug-likeness (QED) is 0.534. The van der Waals surface area contributed by atoms with Gasteiger partial charge in [0.05, 0.1) is 12.8 Å². The Labute approximate surface area is 148 Å². The molecule has 9 heteroatoms. The first kappa shape index (κ1) is 15.6. The summed E-state index contributed by atoms with van der Waals surface area (Å²) in [5.41, 5.74) is 7.69. The predicted molar refractivity (Wildman–Crippen MR) is 95.6 cm³/mol. The van der Waals surface area contributed by atoms with Gasteiger partial charge in [-0.25, -0.2) is 4.85 Å². The second kappa shape index (κ2) is 6.52. The van der Waals surface area contributed by atoms with Crippen molar-refractivity contribution in [3.8, 4) is 11.6 Å². The van der Waals surface area contributed by atoms with Crippen LogP contribution in [0.4, 0.5) is 17.6 Å². The van der Waals surface area contributed by atoms with E-state index in [1.807, 2.05) is 12.1 Å². The Bertz CT molecular complexity index is 1080. The van der Waals surface area contributed by atoms with Crippen LogP contribution in [0.2, 0.25) is 0 Å². The minimum Gasteiger partial charge on any atom is -0.461 e. The van der Waals surface area contributed by atoms with Crippen molar-refractivity contribution in [1.29, 1.82) is 0 Å². The van der Waals surface area contributed by atoms with Crippen LogP contribution in [0, 0.1) is 6.57 Å². The molecule has 0 bridgehead atoms. The predicted octanol–water partition coefficient (Wildman–Crippen LogP) is 2.57. The molecule has 0 unspecified atom stereocenters. The number of nitrogens with zero attached hydrogens (tertiary/aromatic N) is 6. The summed E-state index contributed by atoms with van der Waals surface area (Å²) in [4.78, 5) is 16.2. The van der Waals surface area contributed by atoms with Crippen molar-refractivity contribution in [3.05, 3.63) is 59.6 Å². The molecule has 3 aromatic heterocycles. The molecule has 0 amide bonds. The number of benzene rings is 1. The molecule has 0 aliphatic heterocycles. The van der Waals surface area contributed by atoms with Gasteiger partial charge in [0, 0.05) is 6.54 Å². The first-order chi connectivity index (χ1) is 12.7. The van der Waals surface area contributed by atoms with Gasteiger partial charge in [0.15, 0.2) is 11.4 Å². The van der Waals surface area contributed by atoms with Gasteiger partial charge in [-0.15, -0.1) is 5.10 Å². The summed E-state index contributed by atoms with van der Waals surface area (Å²) >= 11 is 0. The van der Waals surface area contributed by atoms with E-state index in [9.17, 15) is 0 Å². The van der Waals surface area contributed by atoms with Crippen molar-refractivity contribution in [2.24, 2.45) is 0 Å². The maximum absolute atomic E-state index is 6.96. The third-order valence-corrected chi connectivity index (χ3v) is 3.74. The SMILES string of the molecule is [C-]#[N+]c1ccc(CCNc2nc(N)n3nc(-c4ccco4)nc3n2)cc1. The largest absolute Gasteiger partial charge is 0.461 e. The third kappa shape index (κ3) is 3.03. The van der Waals surface area contributed by atoms with Gasteiger partial charge in [0.1, 0.15) is 0 Å². The molecular formula is C17H14N8O. The van der Waals surface area contributed by atoms with Gasteiger partial charge in [-0.2, -0.15) is 19.5 Å². The molecule has 9 nitrogen and oxygen atoms in total. The molecule has 128 valence electrons. The molecule has 4 aromatic rings. The second-order valence-corrected chi connectivity index (χ2v) is 5.48. The summed E-state index contributed by atoms with van der Waals surface area (Å²) < 4.78 is 6.66. The zero-order valence-corrected chi connectivity index (χ0v) is 13.6. The van der Waals surface area contributed by atoms with Gasteiger partial charge in [-0.3, -0.25) is 0 Å². The molecule has 0 atom stereocenters. The lowest BCUT2D eigenvalue weighted by Crippen LogP contribution is -2.12. The van der Waals surface area contributed by atoms with Crippen molar-refractivity contribution < 1.29 is 4.42 Å². The molecule has 4 rings (SSSR count). The summed E-state index contributed by atoms with van der Waals surface area (Å²) in [6, 6.07) is 11.0. The van der Waals surface area contributed by atoms with Crippen LogP contribution >= 0.6 is 0 Å². The van der Waals surface area contributed by atoms with E-state index in [2.05, 4.69) is 30.2 Å². The number of nitrogen functional groups attached to an aromatic ring is 1. The number of hydrogen-bond donors (Lipinski definition) is 2. The summed E-state index contributed by atoms with van der Waals surface area (Å²) in [6.07, 6.45) is 2.31. The van der Waals surface area contributed by atoms with Crippen molar-refractivity contribution in [2.75, 3.05) is 17.6 Å². The van der Waals surface area contributed by atoms with Crippen LogP contribution in [-0.2, 0) is 6.42 Å². The molecule has 0 saturated heterocycles. The minimum absolute atomic E-state index is 0.184. The Balaban J connectivity index is 1.49. The maximum atomic E-state index is 6.96. The number of nitrogens with one attached hydrogen (secondary N) is 1. The average molecular weight is 346 g/mol. The van der Waals surface area contributed by atoms with Gasteiger partial charge in [-0.1, -0.05) is 24.3 Å². The molecule has 3 N–H and O–H groups in total. The van der Waals surface area contributed by atoms with Crippen LogP contribution in [0.15, 0.2) is 47.1 Å². The number of anilines is 2. The number of fused-ring (bicyclic) bond motifs is 1. The lowest BCUT2D eigenvalue weighted by Gasteiger charge is -2.06. The van der Waals surface area contributed by atoms with Gasteiger partial charge in [0.25, 0.3) is 5.78 Å². The van der Waals surface area contributed by atoms with E-state index in [1.165, 1.54) is 4.52 Å². The smallest absolute Gasteiger partial charge is 0.259 e. The molecule has 0 saturated carbocycles. The Morgan fingerprint density at radius 1 is 1.15 bits per heavy atom. The standard InChI is InChI=1S/C17H14N8O/c1-19-12-6-4-11(5-7-12)8-9-20-16-22-15(18)25-17(23-16)21-14(24-25)13-3-2-10-26-13/h2-7,10H,8-9H2,(H3,18,20,21,22,23,24). The van der Waals surface area contributed by atoms with E-state index in [1.54, 1.807) is 30.5 Å². The molecule has 0 radical (unpaired) electrons. The molecule has 3 heterocycles. The van der Waals surface area contributed by atoms with Crippen LogP contribution in [0.3, 0.4) is 0 Å². The van der Waals surface area contributed by atoms with Crippen LogP contribution in [0.25, 0.3) is 22.2 Å². The monoisotopic (exact) mass is 346 g/mol. The van der Waals surface area contributed by atoms with Crippen molar-refractivity contribution >= 4 is 23.4 Å². The number of furan rings is 1. The molecule has 0 spiro atoms. The summed E-state index contributed by atoms with van der Waals surface area (Å²) in [5, 5.41) is 7.38. The number of nitrogens with two attached hydrogens (primary N) is 1. The fourth-order valence-electron chi connectivity index (χ4n) is 2.45. The van der Waals surface area contributed by atoms with E-state index in [0.717, 1.165) is 12.0 Å². The zero-order chi connectivity index (χ0) is 17.9. The highest BCUT2D eigenvalue weighted by molar-refractivity contribution is 5.52. The van der Waals surface area contributed by atoms with E-state index >= 15 is 0 Å². The topological polar surface area (TPSA) is 112 Å². The molecule has 0 aliphatic rings. The van der Waals surface area contributed by atoms with Gasteiger partial charge >= 0.3 is 0 Å². The highest BCUT2D eigenvalue weighted by Gasteiger charge is 2.13. The van der Waals surface area contributed by atoms with E-state index in [0.29, 0.717) is 35.5 Å². The van der Waals surface area contributed by atoms with Crippen LogP contribution in [-0.4, -0.2) is 31.1 Å². The molecule has 0 aliphatic carbocycles. The average Bonchev–Trinajstić information content (AvgIpc) is 3.32. The van der Waals surface area contributed by atoms with Gasteiger partial charge in [-0.05, 0) is 24.1 Å². The lowest BCUT2D eigenvalue weighted by atomic mass is 10.1. The molecule has 26 heavy (non-hydrogen) atoms. The number of hydrogen-bond acceptors (Lipinski definition) is 7. The second-order valence-electron chi connectivity index (χ2n) is 5.48. The molecule has 0 fully saturated rings. The Kier molecular flexibility index (Phi) is 3.91.